The van der Waals surface area contributed by atoms with Crippen molar-refractivity contribution in [2.75, 3.05) is 5.32 Å². The fourth-order valence-corrected chi connectivity index (χ4v) is 3.79. The fourth-order valence-electron chi connectivity index (χ4n) is 3.49. The van der Waals surface area contributed by atoms with Gasteiger partial charge in [-0.1, -0.05) is 66.8 Å². The van der Waals surface area contributed by atoms with Crippen molar-refractivity contribution in [2.24, 2.45) is 0 Å². The maximum Gasteiger partial charge on any atom is 0.272 e. The van der Waals surface area contributed by atoms with Crippen molar-refractivity contribution < 1.29 is 14.6 Å². The molecule has 1 aromatic heterocycles. The van der Waals surface area contributed by atoms with Crippen molar-refractivity contribution in [2.45, 2.75) is 6.92 Å². The number of thiocarbonyl (C=S) groups is 1. The second-order valence-corrected chi connectivity index (χ2v) is 7.61. The molecular formula is C25H19N3O3S. The molecule has 0 aliphatic rings. The van der Waals surface area contributed by atoms with Crippen LogP contribution in [0.1, 0.15) is 11.1 Å². The molecule has 0 saturated heterocycles. The molecule has 158 valence electrons. The smallest absolute Gasteiger partial charge is 0.272 e. The van der Waals surface area contributed by atoms with Gasteiger partial charge in [0.2, 0.25) is 5.70 Å². The lowest BCUT2D eigenvalue weighted by Crippen LogP contribution is -2.39. The highest BCUT2D eigenvalue weighted by Crippen LogP contribution is 2.26. The number of aromatic nitrogens is 1. The first-order valence-corrected chi connectivity index (χ1v) is 10.3. The summed E-state index contributed by atoms with van der Waals surface area (Å²) in [7, 11) is 0. The molecule has 32 heavy (non-hydrogen) atoms. The van der Waals surface area contributed by atoms with Gasteiger partial charge in [0.15, 0.2) is 17.4 Å². The van der Waals surface area contributed by atoms with Crippen molar-refractivity contribution in [3.8, 4) is 0 Å². The summed E-state index contributed by atoms with van der Waals surface area (Å²) in [6.07, 6.45) is 3.43. The molecule has 0 fully saturated rings. The fraction of sp³-hybridized carbons (Fsp3) is 0.0400. The Morgan fingerprint density at radius 2 is 1.69 bits per heavy atom. The predicted molar refractivity (Wildman–Crippen MR) is 128 cm³/mol. The van der Waals surface area contributed by atoms with Gasteiger partial charge < -0.3 is 10.4 Å². The molecule has 0 spiro atoms. The lowest BCUT2D eigenvalue weighted by atomic mass is 10.1. The molecule has 0 bridgehead atoms. The van der Waals surface area contributed by atoms with E-state index in [1.165, 1.54) is 6.07 Å². The van der Waals surface area contributed by atoms with Crippen LogP contribution in [0.15, 0.2) is 91.3 Å². The lowest BCUT2D eigenvalue weighted by molar-refractivity contribution is -0.577. The van der Waals surface area contributed by atoms with Gasteiger partial charge in [-0.15, -0.1) is 0 Å². The molecule has 0 saturated carbocycles. The average Bonchev–Trinajstić information content (AvgIpc) is 2.80. The van der Waals surface area contributed by atoms with Crippen LogP contribution in [-0.2, 0) is 0 Å². The number of nitro benzene ring substituents is 1. The van der Waals surface area contributed by atoms with Crippen LogP contribution in [0.25, 0.3) is 22.2 Å². The molecule has 4 rings (SSSR count). The van der Waals surface area contributed by atoms with E-state index in [1.54, 1.807) is 48.1 Å². The Kier molecular flexibility index (Phi) is 5.91. The molecule has 1 heterocycles. The highest BCUT2D eigenvalue weighted by Gasteiger charge is 2.21. The van der Waals surface area contributed by atoms with Crippen molar-refractivity contribution in [1.29, 1.82) is 0 Å². The largest absolute Gasteiger partial charge is 0.867 e. The normalized spacial score (nSPS) is 11.7. The zero-order chi connectivity index (χ0) is 22.7. The minimum absolute atomic E-state index is 0.110. The van der Waals surface area contributed by atoms with Gasteiger partial charge in [0.05, 0.1) is 4.92 Å². The summed E-state index contributed by atoms with van der Waals surface area (Å²) in [4.78, 5) is 11.1. The van der Waals surface area contributed by atoms with Crippen LogP contribution < -0.4 is 15.0 Å². The first-order chi connectivity index (χ1) is 15.5. The summed E-state index contributed by atoms with van der Waals surface area (Å²) in [6.45, 7) is 1.63. The highest BCUT2D eigenvalue weighted by molar-refractivity contribution is 7.81. The minimum atomic E-state index is -0.492. The Bertz CT molecular complexity index is 1360. The first-order valence-electron chi connectivity index (χ1n) is 9.88. The van der Waals surface area contributed by atoms with E-state index in [9.17, 15) is 15.2 Å². The first kappa shape index (κ1) is 21.1. The molecule has 0 amide bonds. The van der Waals surface area contributed by atoms with E-state index in [1.807, 2.05) is 48.5 Å². The summed E-state index contributed by atoms with van der Waals surface area (Å²) in [5, 5.41) is 30.1. The molecule has 4 aromatic rings. The number of hydrogen-bond acceptors (Lipinski definition) is 4. The molecule has 6 nitrogen and oxygen atoms in total. The SMILES string of the molecule is Cc1ccc(/C([O-])=C(/C(=S)Nc2cccc3ccccc23)[n+]2ccccc2)cc1[N+](=O)[O-]. The van der Waals surface area contributed by atoms with Gasteiger partial charge in [-0.2, -0.15) is 4.57 Å². The molecule has 7 heteroatoms. The van der Waals surface area contributed by atoms with E-state index in [4.69, 9.17) is 12.2 Å². The number of anilines is 1. The van der Waals surface area contributed by atoms with Crippen LogP contribution in [0.2, 0.25) is 0 Å². The van der Waals surface area contributed by atoms with Crippen LogP contribution in [0.5, 0.6) is 0 Å². The topological polar surface area (TPSA) is 82.1 Å². The highest BCUT2D eigenvalue weighted by atomic mass is 32.1. The van der Waals surface area contributed by atoms with Crippen molar-refractivity contribution in [3.63, 3.8) is 0 Å². The number of nitro groups is 1. The molecular weight excluding hydrogens is 422 g/mol. The number of nitrogens with one attached hydrogen (secondary N) is 1. The Morgan fingerprint density at radius 3 is 2.44 bits per heavy atom. The molecule has 0 aliphatic carbocycles. The zero-order valence-corrected chi connectivity index (χ0v) is 18.0. The molecule has 0 atom stereocenters. The van der Waals surface area contributed by atoms with Crippen molar-refractivity contribution in [3.05, 3.63) is 112 Å². The van der Waals surface area contributed by atoms with Gasteiger partial charge in [0.25, 0.3) is 5.69 Å². The van der Waals surface area contributed by atoms with Crippen LogP contribution in [-0.4, -0.2) is 9.91 Å². The van der Waals surface area contributed by atoms with Crippen LogP contribution >= 0.6 is 12.2 Å². The molecule has 1 N–H and O–H groups in total. The summed E-state index contributed by atoms with van der Waals surface area (Å²) in [5.41, 5.74) is 1.53. The van der Waals surface area contributed by atoms with E-state index >= 15 is 0 Å². The summed E-state index contributed by atoms with van der Waals surface area (Å²) in [5.74, 6) is -0.415. The summed E-state index contributed by atoms with van der Waals surface area (Å²) >= 11 is 5.67. The Balaban J connectivity index is 1.83. The average molecular weight is 442 g/mol. The quantitative estimate of drug-likeness (QED) is 0.123. The number of pyridine rings is 1. The number of aryl methyl sites for hydroxylation is 1. The van der Waals surface area contributed by atoms with Crippen LogP contribution in [0.3, 0.4) is 0 Å². The maximum atomic E-state index is 13.5. The van der Waals surface area contributed by atoms with Crippen LogP contribution in [0.4, 0.5) is 11.4 Å². The van der Waals surface area contributed by atoms with Gasteiger partial charge in [-0.25, -0.2) is 0 Å². The third-order valence-corrected chi connectivity index (χ3v) is 5.41. The molecule has 3 aromatic carbocycles. The van der Waals surface area contributed by atoms with Gasteiger partial charge in [-0.05, 0) is 29.7 Å². The van der Waals surface area contributed by atoms with E-state index < -0.39 is 10.7 Å². The summed E-state index contributed by atoms with van der Waals surface area (Å²) in [6, 6.07) is 23.5. The van der Waals surface area contributed by atoms with Gasteiger partial charge >= 0.3 is 0 Å². The van der Waals surface area contributed by atoms with E-state index in [0.717, 1.165) is 16.5 Å². The Labute approximate surface area is 190 Å². The number of nitrogens with zero attached hydrogens (tertiary/aromatic N) is 2. The summed E-state index contributed by atoms with van der Waals surface area (Å²) < 4.78 is 1.62. The van der Waals surface area contributed by atoms with Gasteiger partial charge in [-0.3, -0.25) is 10.1 Å². The number of benzene rings is 3. The Hall–Kier alpha value is -4.10. The number of hydrogen-bond donors (Lipinski definition) is 1. The standard InChI is InChI=1S/C25H19N3O3S/c1-17-12-13-19(16-22(17)28(30)31)24(29)23(27-14-5-2-6-15-27)25(32)26-21-11-7-9-18-8-3-4-10-20(18)21/h2-16H,1H3,(H-,26,29,32). The maximum absolute atomic E-state index is 13.5. The second kappa shape index (κ2) is 8.95. The van der Waals surface area contributed by atoms with E-state index in [2.05, 4.69) is 5.32 Å². The predicted octanol–water partition coefficient (Wildman–Crippen LogP) is 4.47. The zero-order valence-electron chi connectivity index (χ0n) is 17.2. The van der Waals surface area contributed by atoms with Gasteiger partial charge in [0.1, 0.15) is 0 Å². The number of rotatable bonds is 5. The third-order valence-electron chi connectivity index (χ3n) is 5.11. The molecule has 0 unspecified atom stereocenters. The van der Waals surface area contributed by atoms with Crippen molar-refractivity contribution >= 4 is 50.8 Å². The minimum Gasteiger partial charge on any atom is -0.867 e. The van der Waals surface area contributed by atoms with Gasteiger partial charge in [0, 0.05) is 34.8 Å². The second-order valence-electron chi connectivity index (χ2n) is 7.20. The van der Waals surface area contributed by atoms with E-state index in [-0.39, 0.29) is 21.9 Å². The molecule has 0 aliphatic heterocycles. The monoisotopic (exact) mass is 441 g/mol. The number of fused-ring (bicyclic) bond motifs is 1. The third kappa shape index (κ3) is 4.19. The molecule has 0 radical (unpaired) electrons. The van der Waals surface area contributed by atoms with Crippen LogP contribution in [0, 0.1) is 17.0 Å². The lowest BCUT2D eigenvalue weighted by Gasteiger charge is -2.17. The van der Waals surface area contributed by atoms with E-state index in [0.29, 0.717) is 5.56 Å². The Morgan fingerprint density at radius 1 is 0.969 bits per heavy atom. The van der Waals surface area contributed by atoms with Crippen molar-refractivity contribution in [1.82, 2.24) is 0 Å².